The van der Waals surface area contributed by atoms with Crippen molar-refractivity contribution in [1.82, 2.24) is 15.1 Å². The third kappa shape index (κ3) is 4.97. The normalized spacial score (nSPS) is 12.5. The van der Waals surface area contributed by atoms with Crippen LogP contribution in [0.25, 0.3) is 0 Å². The van der Waals surface area contributed by atoms with Gasteiger partial charge in [0.1, 0.15) is 5.82 Å². The van der Waals surface area contributed by atoms with Crippen LogP contribution in [0.15, 0.2) is 36.7 Å². The number of hydrogen-bond acceptors (Lipinski definition) is 2. The molecule has 1 unspecified atom stereocenters. The van der Waals surface area contributed by atoms with Gasteiger partial charge in [0.05, 0.1) is 6.20 Å². The van der Waals surface area contributed by atoms with Gasteiger partial charge >= 0.3 is 0 Å². The Morgan fingerprint density at radius 3 is 2.48 bits per heavy atom. The zero-order chi connectivity index (χ0) is 15.1. The van der Waals surface area contributed by atoms with E-state index < -0.39 is 0 Å². The van der Waals surface area contributed by atoms with Crippen LogP contribution in [0.2, 0.25) is 0 Å². The maximum Gasteiger partial charge on any atom is 0.123 e. The molecular formula is C17H24FN3. The van der Waals surface area contributed by atoms with Gasteiger partial charge in [-0.05, 0) is 62.0 Å². The maximum atomic E-state index is 13.0. The fourth-order valence-electron chi connectivity index (χ4n) is 2.54. The van der Waals surface area contributed by atoms with E-state index in [4.69, 9.17) is 0 Å². The SMILES string of the molecule is CCNCC(Cc1ccc(F)cc1)Cc1cnn(CC)c1. The van der Waals surface area contributed by atoms with Crippen LogP contribution in [0.1, 0.15) is 25.0 Å². The Morgan fingerprint density at radius 1 is 1.14 bits per heavy atom. The van der Waals surface area contributed by atoms with Gasteiger partial charge in [0.25, 0.3) is 0 Å². The minimum absolute atomic E-state index is 0.175. The van der Waals surface area contributed by atoms with Gasteiger partial charge in [0.2, 0.25) is 0 Å². The van der Waals surface area contributed by atoms with Crippen molar-refractivity contribution in [2.24, 2.45) is 5.92 Å². The molecule has 1 aromatic heterocycles. The van der Waals surface area contributed by atoms with Crippen LogP contribution in [-0.2, 0) is 19.4 Å². The molecular weight excluding hydrogens is 265 g/mol. The first-order chi connectivity index (χ1) is 10.2. The van der Waals surface area contributed by atoms with Crippen molar-refractivity contribution < 1.29 is 4.39 Å². The van der Waals surface area contributed by atoms with Gasteiger partial charge in [0.15, 0.2) is 0 Å². The largest absolute Gasteiger partial charge is 0.317 e. The standard InChI is InChI=1S/C17H24FN3/c1-3-19-11-15(9-14-5-7-17(18)8-6-14)10-16-12-20-21(4-2)13-16/h5-8,12-13,15,19H,3-4,9-11H2,1-2H3. The highest BCUT2D eigenvalue weighted by Gasteiger charge is 2.12. The van der Waals surface area contributed by atoms with Crippen LogP contribution in [0, 0.1) is 11.7 Å². The average molecular weight is 289 g/mol. The highest BCUT2D eigenvalue weighted by atomic mass is 19.1. The predicted octanol–water partition coefficient (Wildman–Crippen LogP) is 3.05. The molecule has 0 spiro atoms. The zero-order valence-corrected chi connectivity index (χ0v) is 12.8. The molecule has 2 rings (SSSR count). The quantitative estimate of drug-likeness (QED) is 0.809. The van der Waals surface area contributed by atoms with Crippen molar-refractivity contribution in [1.29, 1.82) is 0 Å². The predicted molar refractivity (Wildman–Crippen MR) is 83.7 cm³/mol. The van der Waals surface area contributed by atoms with Crippen LogP contribution >= 0.6 is 0 Å². The van der Waals surface area contributed by atoms with Gasteiger partial charge in [-0.1, -0.05) is 19.1 Å². The minimum atomic E-state index is -0.175. The topological polar surface area (TPSA) is 29.9 Å². The Morgan fingerprint density at radius 2 is 1.86 bits per heavy atom. The second kappa shape index (κ2) is 7.93. The lowest BCUT2D eigenvalue weighted by Crippen LogP contribution is -2.25. The van der Waals surface area contributed by atoms with E-state index in [0.29, 0.717) is 5.92 Å². The van der Waals surface area contributed by atoms with Gasteiger partial charge in [0, 0.05) is 12.7 Å². The Bertz CT molecular complexity index is 533. The summed E-state index contributed by atoms with van der Waals surface area (Å²) in [5.41, 5.74) is 2.45. The summed E-state index contributed by atoms with van der Waals surface area (Å²) in [6, 6.07) is 6.83. The molecule has 1 atom stereocenters. The molecule has 114 valence electrons. The van der Waals surface area contributed by atoms with E-state index in [9.17, 15) is 4.39 Å². The molecule has 0 radical (unpaired) electrons. The summed E-state index contributed by atoms with van der Waals surface area (Å²) >= 11 is 0. The number of aromatic nitrogens is 2. The van der Waals surface area contributed by atoms with Crippen molar-refractivity contribution in [3.05, 3.63) is 53.6 Å². The van der Waals surface area contributed by atoms with Crippen LogP contribution < -0.4 is 5.32 Å². The first-order valence-electron chi connectivity index (χ1n) is 7.67. The van der Waals surface area contributed by atoms with Gasteiger partial charge in [-0.15, -0.1) is 0 Å². The average Bonchev–Trinajstić information content (AvgIpc) is 2.95. The van der Waals surface area contributed by atoms with Crippen molar-refractivity contribution in [2.45, 2.75) is 33.2 Å². The van der Waals surface area contributed by atoms with E-state index in [-0.39, 0.29) is 5.82 Å². The number of aryl methyl sites for hydroxylation is 1. The smallest absolute Gasteiger partial charge is 0.123 e. The number of nitrogens with zero attached hydrogens (tertiary/aromatic N) is 2. The van der Waals surface area contributed by atoms with Gasteiger partial charge in [-0.3, -0.25) is 4.68 Å². The van der Waals surface area contributed by atoms with Crippen LogP contribution in [0.3, 0.4) is 0 Å². The number of halogens is 1. The molecule has 21 heavy (non-hydrogen) atoms. The Kier molecular flexibility index (Phi) is 5.93. The first-order valence-corrected chi connectivity index (χ1v) is 7.67. The molecule has 0 amide bonds. The number of hydrogen-bond donors (Lipinski definition) is 1. The second-order valence-corrected chi connectivity index (χ2v) is 5.41. The van der Waals surface area contributed by atoms with Gasteiger partial charge in [-0.25, -0.2) is 4.39 Å². The summed E-state index contributed by atoms with van der Waals surface area (Å²) in [4.78, 5) is 0. The fraction of sp³-hybridized carbons (Fsp3) is 0.471. The van der Waals surface area contributed by atoms with E-state index >= 15 is 0 Å². The van der Waals surface area contributed by atoms with Crippen molar-refractivity contribution in [3.63, 3.8) is 0 Å². The Balaban J connectivity index is 2.01. The molecule has 4 heteroatoms. The molecule has 1 N–H and O–H groups in total. The summed E-state index contributed by atoms with van der Waals surface area (Å²) in [6.45, 7) is 7.03. The van der Waals surface area contributed by atoms with E-state index in [1.807, 2.05) is 23.0 Å². The summed E-state index contributed by atoms with van der Waals surface area (Å²) in [6.07, 6.45) is 6.01. The molecule has 1 heterocycles. The summed E-state index contributed by atoms with van der Waals surface area (Å²) in [5.74, 6) is 0.316. The first kappa shape index (κ1) is 15.7. The summed E-state index contributed by atoms with van der Waals surface area (Å²) in [5, 5.41) is 7.75. The van der Waals surface area contributed by atoms with Gasteiger partial charge < -0.3 is 5.32 Å². The molecule has 0 aliphatic heterocycles. The molecule has 3 nitrogen and oxygen atoms in total. The lowest BCUT2D eigenvalue weighted by atomic mass is 9.93. The van der Waals surface area contributed by atoms with Crippen LogP contribution in [0.5, 0.6) is 0 Å². The van der Waals surface area contributed by atoms with E-state index in [2.05, 4.69) is 30.5 Å². The fourth-order valence-corrected chi connectivity index (χ4v) is 2.54. The minimum Gasteiger partial charge on any atom is -0.317 e. The summed E-state index contributed by atoms with van der Waals surface area (Å²) < 4.78 is 14.9. The van der Waals surface area contributed by atoms with E-state index in [1.54, 1.807) is 0 Å². The lowest BCUT2D eigenvalue weighted by molar-refractivity contribution is 0.477. The van der Waals surface area contributed by atoms with Crippen LogP contribution in [-0.4, -0.2) is 22.9 Å². The Labute approximate surface area is 126 Å². The molecule has 0 saturated heterocycles. The van der Waals surface area contributed by atoms with E-state index in [0.717, 1.165) is 32.5 Å². The number of nitrogens with one attached hydrogen (secondary N) is 1. The lowest BCUT2D eigenvalue weighted by Gasteiger charge is -2.16. The van der Waals surface area contributed by atoms with Gasteiger partial charge in [-0.2, -0.15) is 5.10 Å². The van der Waals surface area contributed by atoms with Crippen molar-refractivity contribution >= 4 is 0 Å². The molecule has 2 aromatic rings. The monoisotopic (exact) mass is 289 g/mol. The second-order valence-electron chi connectivity index (χ2n) is 5.41. The van der Waals surface area contributed by atoms with E-state index in [1.165, 1.54) is 23.3 Å². The highest BCUT2D eigenvalue weighted by Crippen LogP contribution is 2.15. The highest BCUT2D eigenvalue weighted by molar-refractivity contribution is 5.17. The third-order valence-corrected chi connectivity index (χ3v) is 3.66. The van der Waals surface area contributed by atoms with Crippen molar-refractivity contribution in [3.8, 4) is 0 Å². The summed E-state index contributed by atoms with van der Waals surface area (Å²) in [7, 11) is 0. The maximum absolute atomic E-state index is 13.0. The van der Waals surface area contributed by atoms with Crippen LogP contribution in [0.4, 0.5) is 4.39 Å². The zero-order valence-electron chi connectivity index (χ0n) is 12.8. The molecule has 1 aromatic carbocycles. The molecule has 0 aliphatic rings. The molecule has 0 aliphatic carbocycles. The third-order valence-electron chi connectivity index (χ3n) is 3.66. The molecule has 0 fully saturated rings. The number of benzene rings is 1. The molecule has 0 saturated carbocycles. The number of rotatable bonds is 8. The Hall–Kier alpha value is -1.68. The molecule has 0 bridgehead atoms. The van der Waals surface area contributed by atoms with Crippen molar-refractivity contribution in [2.75, 3.05) is 13.1 Å².